The number of nitrogens with zero attached hydrogens (tertiary/aromatic N) is 2. The van der Waals surface area contributed by atoms with Crippen LogP contribution in [-0.2, 0) is 6.54 Å². The molecule has 9 nitrogen and oxygen atoms in total. The van der Waals surface area contributed by atoms with Crippen molar-refractivity contribution in [1.82, 2.24) is 9.55 Å². The first-order valence-corrected chi connectivity index (χ1v) is 11.2. The predicted octanol–water partition coefficient (Wildman–Crippen LogP) is 3.51. The number of thioether (sulfide) groups is 1. The number of nitrogens with one attached hydrogen (secondary N) is 1. The molecular formula is C24H23N3O6S. The first-order chi connectivity index (χ1) is 16.4. The summed E-state index contributed by atoms with van der Waals surface area (Å²) < 4.78 is 11.7. The van der Waals surface area contributed by atoms with Gasteiger partial charge in [-0.1, -0.05) is 18.2 Å². The molecule has 176 valence electrons. The van der Waals surface area contributed by atoms with Gasteiger partial charge in [0.15, 0.2) is 11.5 Å². The minimum absolute atomic E-state index is 0.0167. The van der Waals surface area contributed by atoms with E-state index < -0.39 is 17.1 Å². The van der Waals surface area contributed by atoms with Gasteiger partial charge >= 0.3 is 5.69 Å². The predicted molar refractivity (Wildman–Crippen MR) is 130 cm³/mol. The Morgan fingerprint density at radius 3 is 2.53 bits per heavy atom. The van der Waals surface area contributed by atoms with Crippen LogP contribution in [-0.4, -0.2) is 39.7 Å². The van der Waals surface area contributed by atoms with Gasteiger partial charge in [-0.2, -0.15) is 0 Å². The second kappa shape index (κ2) is 9.52. The SMILES string of the molecule is C=CCn1c(O)c(C2=Nc3ccccc3SC(c3cc(OC)c(O)c(OC)c3)C2)c(=O)[nH]c1=O. The van der Waals surface area contributed by atoms with E-state index in [1.807, 2.05) is 24.3 Å². The van der Waals surface area contributed by atoms with Crippen LogP contribution in [0.3, 0.4) is 0 Å². The maximum absolute atomic E-state index is 12.8. The summed E-state index contributed by atoms with van der Waals surface area (Å²) in [5.74, 6) is -0.110. The van der Waals surface area contributed by atoms with E-state index in [4.69, 9.17) is 14.5 Å². The molecule has 0 saturated heterocycles. The number of para-hydroxylation sites is 1. The lowest BCUT2D eigenvalue weighted by atomic mass is 10.0. The number of allylic oxidation sites excluding steroid dienone is 1. The number of benzene rings is 2. The number of methoxy groups -OCH3 is 2. The van der Waals surface area contributed by atoms with Gasteiger partial charge in [0.2, 0.25) is 11.6 Å². The molecule has 1 aliphatic rings. The molecule has 1 aromatic heterocycles. The molecule has 0 saturated carbocycles. The molecule has 0 spiro atoms. The highest BCUT2D eigenvalue weighted by Gasteiger charge is 2.28. The van der Waals surface area contributed by atoms with E-state index in [-0.39, 0.29) is 41.0 Å². The van der Waals surface area contributed by atoms with Gasteiger partial charge in [-0.25, -0.2) is 4.79 Å². The monoisotopic (exact) mass is 481 g/mol. The summed E-state index contributed by atoms with van der Waals surface area (Å²) in [5, 5.41) is 20.9. The smallest absolute Gasteiger partial charge is 0.331 e. The van der Waals surface area contributed by atoms with E-state index in [1.54, 1.807) is 12.1 Å². The Kier molecular flexibility index (Phi) is 6.51. The third-order valence-electron chi connectivity index (χ3n) is 5.41. The summed E-state index contributed by atoms with van der Waals surface area (Å²) in [7, 11) is 2.89. The number of hydrogen-bond acceptors (Lipinski definition) is 8. The summed E-state index contributed by atoms with van der Waals surface area (Å²) in [6.07, 6.45) is 1.68. The van der Waals surface area contributed by atoms with Gasteiger partial charge in [-0.05, 0) is 29.8 Å². The normalized spacial score (nSPS) is 15.1. The van der Waals surface area contributed by atoms with Crippen LogP contribution < -0.4 is 20.7 Å². The Labute approximate surface area is 199 Å². The van der Waals surface area contributed by atoms with Crippen LogP contribution in [0, 0.1) is 0 Å². The van der Waals surface area contributed by atoms with Crippen molar-refractivity contribution < 1.29 is 19.7 Å². The molecule has 3 aromatic rings. The average Bonchev–Trinajstić information content (AvgIpc) is 3.01. The number of aliphatic imine (C=N–C) groups is 1. The van der Waals surface area contributed by atoms with Gasteiger partial charge in [0, 0.05) is 23.1 Å². The van der Waals surface area contributed by atoms with Crippen LogP contribution in [0.5, 0.6) is 23.1 Å². The summed E-state index contributed by atoms with van der Waals surface area (Å²) >= 11 is 1.52. The van der Waals surface area contributed by atoms with Crippen molar-refractivity contribution in [3.05, 3.63) is 81.0 Å². The fourth-order valence-electron chi connectivity index (χ4n) is 3.77. The minimum atomic E-state index is -0.736. The molecule has 3 N–H and O–H groups in total. The van der Waals surface area contributed by atoms with Gasteiger partial charge in [-0.15, -0.1) is 18.3 Å². The van der Waals surface area contributed by atoms with E-state index in [0.29, 0.717) is 11.4 Å². The van der Waals surface area contributed by atoms with E-state index in [9.17, 15) is 19.8 Å². The number of aromatic hydroxyl groups is 2. The van der Waals surface area contributed by atoms with Crippen LogP contribution in [0.15, 0.2) is 68.5 Å². The Hall–Kier alpha value is -3.92. The Morgan fingerprint density at radius 1 is 1.21 bits per heavy atom. The van der Waals surface area contributed by atoms with E-state index in [0.717, 1.165) is 15.0 Å². The lowest BCUT2D eigenvalue weighted by Crippen LogP contribution is -2.34. The lowest BCUT2D eigenvalue weighted by molar-refractivity contribution is 0.339. The fourth-order valence-corrected chi connectivity index (χ4v) is 4.98. The highest BCUT2D eigenvalue weighted by atomic mass is 32.2. The first-order valence-electron chi connectivity index (χ1n) is 10.3. The highest BCUT2D eigenvalue weighted by Crippen LogP contribution is 2.48. The molecule has 1 aliphatic heterocycles. The first kappa shape index (κ1) is 23.2. The summed E-state index contributed by atoms with van der Waals surface area (Å²) in [6.45, 7) is 3.62. The topological polar surface area (TPSA) is 126 Å². The highest BCUT2D eigenvalue weighted by molar-refractivity contribution is 7.99. The van der Waals surface area contributed by atoms with Gasteiger partial charge in [-0.3, -0.25) is 19.3 Å². The molecule has 0 fully saturated rings. The summed E-state index contributed by atoms with van der Waals surface area (Å²) in [6, 6.07) is 10.8. The molecule has 0 amide bonds. The van der Waals surface area contributed by atoms with E-state index in [2.05, 4.69) is 11.6 Å². The van der Waals surface area contributed by atoms with Crippen molar-refractivity contribution in [2.75, 3.05) is 14.2 Å². The molecule has 2 heterocycles. The minimum Gasteiger partial charge on any atom is -0.502 e. The number of aromatic amines is 1. The summed E-state index contributed by atoms with van der Waals surface area (Å²) in [4.78, 5) is 32.9. The third-order valence-corrected chi connectivity index (χ3v) is 6.74. The second-order valence-corrected chi connectivity index (χ2v) is 8.71. The number of rotatable bonds is 6. The number of aromatic nitrogens is 2. The molecule has 1 unspecified atom stereocenters. The van der Waals surface area contributed by atoms with Crippen molar-refractivity contribution in [1.29, 1.82) is 0 Å². The van der Waals surface area contributed by atoms with Crippen molar-refractivity contribution in [2.24, 2.45) is 4.99 Å². The van der Waals surface area contributed by atoms with Gasteiger partial charge in [0.1, 0.15) is 5.56 Å². The standard InChI is InChI=1S/C24H23N3O6S/c1-4-9-27-23(30)20(22(29)26-24(27)31)15-12-19(34-18-8-6-5-7-14(18)25-15)13-10-16(32-2)21(28)17(11-13)33-3/h4-8,10-11,19,28,30H,1,9,12H2,2-3H3,(H,26,29,31). The molecule has 10 heteroatoms. The third kappa shape index (κ3) is 4.19. The Morgan fingerprint density at radius 2 is 1.88 bits per heavy atom. The fraction of sp³-hybridized carbons (Fsp3) is 0.208. The molecule has 0 bridgehead atoms. The van der Waals surface area contributed by atoms with Crippen molar-refractivity contribution >= 4 is 23.2 Å². The van der Waals surface area contributed by atoms with Gasteiger partial charge < -0.3 is 19.7 Å². The second-order valence-electron chi connectivity index (χ2n) is 7.47. The molecule has 0 aliphatic carbocycles. The van der Waals surface area contributed by atoms with Crippen molar-refractivity contribution in [3.63, 3.8) is 0 Å². The summed E-state index contributed by atoms with van der Waals surface area (Å²) in [5.41, 5.74) is 0.149. The Bertz CT molecular complexity index is 1380. The molecule has 34 heavy (non-hydrogen) atoms. The number of fused-ring (bicyclic) bond motifs is 1. The quantitative estimate of drug-likeness (QED) is 0.460. The molecule has 1 atom stereocenters. The number of H-pyrrole nitrogens is 1. The van der Waals surface area contributed by atoms with E-state index in [1.165, 1.54) is 32.1 Å². The number of ether oxygens (including phenoxy) is 2. The van der Waals surface area contributed by atoms with E-state index >= 15 is 0 Å². The van der Waals surface area contributed by atoms with Crippen LogP contribution in [0.1, 0.15) is 22.8 Å². The zero-order chi connectivity index (χ0) is 24.4. The zero-order valence-electron chi connectivity index (χ0n) is 18.6. The largest absolute Gasteiger partial charge is 0.502 e. The average molecular weight is 482 g/mol. The molecular weight excluding hydrogens is 458 g/mol. The molecule has 0 radical (unpaired) electrons. The molecule has 4 rings (SSSR count). The van der Waals surface area contributed by atoms with Crippen LogP contribution in [0.4, 0.5) is 5.69 Å². The maximum Gasteiger partial charge on any atom is 0.331 e. The van der Waals surface area contributed by atoms with Gasteiger partial charge in [0.25, 0.3) is 5.56 Å². The number of phenolic OH excluding ortho intramolecular Hbond substituents is 1. The van der Waals surface area contributed by atoms with Crippen LogP contribution in [0.25, 0.3) is 0 Å². The zero-order valence-corrected chi connectivity index (χ0v) is 19.4. The van der Waals surface area contributed by atoms with Crippen molar-refractivity contribution in [2.45, 2.75) is 23.1 Å². The number of phenols is 1. The van der Waals surface area contributed by atoms with Gasteiger partial charge in [0.05, 0.1) is 25.6 Å². The lowest BCUT2D eigenvalue weighted by Gasteiger charge is -2.19. The van der Waals surface area contributed by atoms with Crippen LogP contribution >= 0.6 is 11.8 Å². The maximum atomic E-state index is 12.8. The molecule has 2 aromatic carbocycles. The van der Waals surface area contributed by atoms with Crippen molar-refractivity contribution in [3.8, 4) is 23.1 Å². The van der Waals surface area contributed by atoms with Crippen LogP contribution in [0.2, 0.25) is 0 Å². The Balaban J connectivity index is 1.92. The number of hydrogen-bond donors (Lipinski definition) is 3.